The van der Waals surface area contributed by atoms with Gasteiger partial charge >= 0.3 is 0 Å². The Kier molecular flexibility index (Phi) is 3.83. The molecule has 0 aromatic heterocycles. The van der Waals surface area contributed by atoms with Crippen LogP contribution in [-0.2, 0) is 14.2 Å². The third-order valence-corrected chi connectivity index (χ3v) is 1.80. The lowest BCUT2D eigenvalue weighted by Crippen LogP contribution is -2.16. The van der Waals surface area contributed by atoms with Gasteiger partial charge < -0.3 is 14.2 Å². The lowest BCUT2D eigenvalue weighted by molar-refractivity contribution is 0.0763. The van der Waals surface area contributed by atoms with E-state index in [1.54, 1.807) is 14.2 Å². The second-order valence-electron chi connectivity index (χ2n) is 2.97. The number of rotatable bonds is 6. The van der Waals surface area contributed by atoms with Gasteiger partial charge in [0.05, 0.1) is 25.9 Å². The maximum atomic E-state index is 5.12. The van der Waals surface area contributed by atoms with Crippen LogP contribution in [0.5, 0.6) is 0 Å². The maximum absolute atomic E-state index is 5.12. The molecule has 0 aromatic carbocycles. The molecule has 3 heteroatoms. The molecule has 1 fully saturated rings. The van der Waals surface area contributed by atoms with E-state index in [-0.39, 0.29) is 0 Å². The van der Waals surface area contributed by atoms with Crippen molar-refractivity contribution in [3.8, 4) is 0 Å². The van der Waals surface area contributed by atoms with Crippen molar-refractivity contribution in [2.75, 3.05) is 34.0 Å². The lowest BCUT2D eigenvalue weighted by Gasteiger charge is -2.12. The number of hydrogen-bond acceptors (Lipinski definition) is 3. The predicted octanol–water partition coefficient (Wildman–Crippen LogP) is 0.684. The molecule has 66 valence electrons. The summed E-state index contributed by atoms with van der Waals surface area (Å²) < 4.78 is 15.2. The Hall–Kier alpha value is -0.120. The molecule has 1 atom stereocenters. The van der Waals surface area contributed by atoms with Crippen molar-refractivity contribution >= 4 is 0 Å². The third-order valence-electron chi connectivity index (χ3n) is 1.80. The van der Waals surface area contributed by atoms with E-state index < -0.39 is 0 Å². The molecule has 0 amide bonds. The normalized spacial score (nSPS) is 22.6. The van der Waals surface area contributed by atoms with Gasteiger partial charge in [0.25, 0.3) is 0 Å². The molecular weight excluding hydrogens is 144 g/mol. The van der Waals surface area contributed by atoms with E-state index in [9.17, 15) is 0 Å². The predicted molar refractivity (Wildman–Crippen MR) is 41.6 cm³/mol. The van der Waals surface area contributed by atoms with Gasteiger partial charge in [-0.15, -0.1) is 0 Å². The van der Waals surface area contributed by atoms with Crippen molar-refractivity contribution < 1.29 is 14.2 Å². The summed E-state index contributed by atoms with van der Waals surface area (Å²) in [7, 11) is 3.44. The summed E-state index contributed by atoms with van der Waals surface area (Å²) in [4.78, 5) is 0. The van der Waals surface area contributed by atoms with Gasteiger partial charge in [0.1, 0.15) is 0 Å². The maximum Gasteiger partial charge on any atom is 0.0814 e. The van der Waals surface area contributed by atoms with E-state index in [1.807, 2.05) is 0 Å². The number of ether oxygens (including phenoxy) is 3. The van der Waals surface area contributed by atoms with Crippen LogP contribution >= 0.6 is 0 Å². The zero-order chi connectivity index (χ0) is 8.10. The van der Waals surface area contributed by atoms with Crippen LogP contribution in [0.25, 0.3) is 0 Å². The van der Waals surface area contributed by atoms with Crippen molar-refractivity contribution in [3.63, 3.8) is 0 Å². The fraction of sp³-hybridized carbons (Fsp3) is 1.00. The van der Waals surface area contributed by atoms with Crippen LogP contribution in [0.4, 0.5) is 0 Å². The molecule has 3 nitrogen and oxygen atoms in total. The Bertz CT molecular complexity index is 95.5. The van der Waals surface area contributed by atoms with E-state index >= 15 is 0 Å². The molecule has 0 aliphatic carbocycles. The average molecular weight is 160 g/mol. The zero-order valence-corrected chi connectivity index (χ0v) is 7.21. The third kappa shape index (κ3) is 3.70. The highest BCUT2D eigenvalue weighted by atomic mass is 16.6. The SMILES string of the molecule is COCC(COC)CC1CO1. The van der Waals surface area contributed by atoms with Crippen LogP contribution in [0.2, 0.25) is 0 Å². The van der Waals surface area contributed by atoms with Gasteiger partial charge in [-0.3, -0.25) is 0 Å². The fourth-order valence-corrected chi connectivity index (χ4v) is 1.23. The molecule has 0 saturated carbocycles. The highest BCUT2D eigenvalue weighted by Crippen LogP contribution is 2.19. The topological polar surface area (TPSA) is 31.0 Å². The number of hydrogen-bond donors (Lipinski definition) is 0. The standard InChI is InChI=1S/C8H16O3/c1-9-4-7(5-10-2)3-8-6-11-8/h7-8H,3-6H2,1-2H3. The van der Waals surface area contributed by atoms with Gasteiger partial charge in [0.15, 0.2) is 0 Å². The molecule has 1 aliphatic rings. The molecule has 0 spiro atoms. The van der Waals surface area contributed by atoms with Gasteiger partial charge in [-0.05, 0) is 6.42 Å². The Morgan fingerprint density at radius 3 is 2.27 bits per heavy atom. The largest absolute Gasteiger partial charge is 0.384 e. The van der Waals surface area contributed by atoms with E-state index in [1.165, 1.54) is 0 Å². The molecule has 1 heterocycles. The molecule has 0 radical (unpaired) electrons. The van der Waals surface area contributed by atoms with E-state index in [0.29, 0.717) is 12.0 Å². The van der Waals surface area contributed by atoms with Crippen molar-refractivity contribution in [1.29, 1.82) is 0 Å². The van der Waals surface area contributed by atoms with Gasteiger partial charge in [0, 0.05) is 20.1 Å². The monoisotopic (exact) mass is 160 g/mol. The van der Waals surface area contributed by atoms with Crippen LogP contribution in [0.1, 0.15) is 6.42 Å². The molecular formula is C8H16O3. The second-order valence-corrected chi connectivity index (χ2v) is 2.97. The molecule has 1 aliphatic heterocycles. The Morgan fingerprint density at radius 1 is 1.36 bits per heavy atom. The summed E-state index contributed by atoms with van der Waals surface area (Å²) in [5.41, 5.74) is 0. The van der Waals surface area contributed by atoms with Crippen molar-refractivity contribution in [1.82, 2.24) is 0 Å². The molecule has 0 aromatic rings. The zero-order valence-electron chi connectivity index (χ0n) is 7.21. The summed E-state index contributed by atoms with van der Waals surface area (Å²) in [5.74, 6) is 0.498. The summed E-state index contributed by atoms with van der Waals surface area (Å²) >= 11 is 0. The first kappa shape index (κ1) is 8.97. The van der Waals surface area contributed by atoms with Gasteiger partial charge in [-0.1, -0.05) is 0 Å². The number of epoxide rings is 1. The van der Waals surface area contributed by atoms with E-state index in [4.69, 9.17) is 14.2 Å². The molecule has 0 N–H and O–H groups in total. The highest BCUT2D eigenvalue weighted by Gasteiger charge is 2.26. The molecule has 1 unspecified atom stereocenters. The van der Waals surface area contributed by atoms with E-state index in [2.05, 4.69) is 0 Å². The van der Waals surface area contributed by atoms with Crippen LogP contribution in [0.3, 0.4) is 0 Å². The quantitative estimate of drug-likeness (QED) is 0.535. The van der Waals surface area contributed by atoms with Gasteiger partial charge in [-0.25, -0.2) is 0 Å². The minimum Gasteiger partial charge on any atom is -0.384 e. The molecule has 1 saturated heterocycles. The molecule has 1 rings (SSSR count). The molecule has 11 heavy (non-hydrogen) atoms. The van der Waals surface area contributed by atoms with Gasteiger partial charge in [0.2, 0.25) is 0 Å². The van der Waals surface area contributed by atoms with Crippen LogP contribution in [0, 0.1) is 5.92 Å². The highest BCUT2D eigenvalue weighted by molar-refractivity contribution is 4.73. The van der Waals surface area contributed by atoms with Crippen LogP contribution < -0.4 is 0 Å². The Morgan fingerprint density at radius 2 is 1.91 bits per heavy atom. The van der Waals surface area contributed by atoms with Crippen molar-refractivity contribution in [2.45, 2.75) is 12.5 Å². The summed E-state index contributed by atoms with van der Waals surface area (Å²) in [6, 6.07) is 0. The Labute approximate surface area is 67.6 Å². The first-order valence-electron chi connectivity index (χ1n) is 3.96. The van der Waals surface area contributed by atoms with Gasteiger partial charge in [-0.2, -0.15) is 0 Å². The Balaban J connectivity index is 2.08. The second kappa shape index (κ2) is 4.70. The fourth-order valence-electron chi connectivity index (χ4n) is 1.23. The minimum absolute atomic E-state index is 0.477. The number of methoxy groups -OCH3 is 2. The first-order chi connectivity index (χ1) is 5.36. The first-order valence-corrected chi connectivity index (χ1v) is 3.96. The summed E-state index contributed by atoms with van der Waals surface area (Å²) in [6.07, 6.45) is 1.55. The van der Waals surface area contributed by atoms with Crippen LogP contribution in [-0.4, -0.2) is 40.1 Å². The summed E-state index contributed by atoms with van der Waals surface area (Å²) in [5, 5.41) is 0. The lowest BCUT2D eigenvalue weighted by atomic mass is 10.1. The van der Waals surface area contributed by atoms with Crippen molar-refractivity contribution in [3.05, 3.63) is 0 Å². The average Bonchev–Trinajstić information content (AvgIpc) is 2.73. The summed E-state index contributed by atoms with van der Waals surface area (Å²) in [6.45, 7) is 2.46. The molecule has 0 bridgehead atoms. The minimum atomic E-state index is 0.477. The van der Waals surface area contributed by atoms with E-state index in [0.717, 1.165) is 26.2 Å². The smallest absolute Gasteiger partial charge is 0.0814 e. The van der Waals surface area contributed by atoms with Crippen molar-refractivity contribution in [2.24, 2.45) is 5.92 Å². The van der Waals surface area contributed by atoms with Crippen LogP contribution in [0.15, 0.2) is 0 Å².